The summed E-state index contributed by atoms with van der Waals surface area (Å²) in [4.78, 5) is 25.2. The van der Waals surface area contributed by atoms with Crippen molar-refractivity contribution >= 4 is 34.4 Å². The van der Waals surface area contributed by atoms with Gasteiger partial charge in [0, 0.05) is 29.4 Å². The Bertz CT molecular complexity index is 1620. The Morgan fingerprint density at radius 2 is 1.76 bits per heavy atom. The van der Waals surface area contributed by atoms with E-state index in [1.165, 1.54) is 6.33 Å². The van der Waals surface area contributed by atoms with Crippen LogP contribution in [0.3, 0.4) is 0 Å². The van der Waals surface area contributed by atoms with E-state index in [1.54, 1.807) is 45.5 Å². The van der Waals surface area contributed by atoms with Gasteiger partial charge in [-0.2, -0.15) is 14.4 Å². The minimum Gasteiger partial charge on any atom is -0.439 e. The van der Waals surface area contributed by atoms with Gasteiger partial charge in [0.05, 0.1) is 19.5 Å². The van der Waals surface area contributed by atoms with Crippen LogP contribution in [0.2, 0.25) is 5.02 Å². The lowest BCUT2D eigenvalue weighted by Crippen LogP contribution is -2.20. The average Bonchev–Trinajstić information content (AvgIpc) is 3.31. The van der Waals surface area contributed by atoms with E-state index in [-0.39, 0.29) is 23.8 Å². The van der Waals surface area contributed by atoms with Crippen LogP contribution in [-0.4, -0.2) is 30.8 Å². The number of hydrogen-bond acceptors (Lipinski definition) is 6. The van der Waals surface area contributed by atoms with Crippen LogP contribution in [0, 0.1) is 11.8 Å². The maximum absolute atomic E-state index is 13.4. The molecule has 0 amide bonds. The highest BCUT2D eigenvalue weighted by molar-refractivity contribution is 6.30. The molecule has 0 unspecified atom stereocenters. The van der Waals surface area contributed by atoms with E-state index >= 15 is 0 Å². The molecule has 3 heterocycles. The molecule has 194 valence electrons. The average molecular weight is 541 g/mol. The third-order valence-electron chi connectivity index (χ3n) is 5.59. The van der Waals surface area contributed by atoms with Gasteiger partial charge in [-0.3, -0.25) is 13.8 Å². The molecule has 0 bridgehead atoms. The molecule has 0 aliphatic carbocycles. The van der Waals surface area contributed by atoms with Gasteiger partial charge >= 0.3 is 5.56 Å². The van der Waals surface area contributed by atoms with Crippen molar-refractivity contribution in [2.75, 3.05) is 12.0 Å². The van der Waals surface area contributed by atoms with Crippen LogP contribution in [0.25, 0.3) is 11.2 Å². The Kier molecular flexibility index (Phi) is 7.27. The first-order chi connectivity index (χ1) is 18.4. The van der Waals surface area contributed by atoms with Crippen LogP contribution >= 0.6 is 11.6 Å². The van der Waals surface area contributed by atoms with Crippen LogP contribution in [0.1, 0.15) is 12.0 Å². The highest BCUT2D eigenvalue weighted by atomic mass is 35.5. The molecular weight excluding hydrogens is 521 g/mol. The molecule has 0 aliphatic heterocycles. The minimum absolute atomic E-state index is 0.226. The van der Waals surface area contributed by atoms with Crippen LogP contribution in [0.5, 0.6) is 11.6 Å². The zero-order valence-corrected chi connectivity index (χ0v) is 20.5. The van der Waals surface area contributed by atoms with Gasteiger partial charge in [0.15, 0.2) is 11.2 Å². The van der Waals surface area contributed by atoms with Crippen LogP contribution in [-0.2, 0) is 13.1 Å². The fraction of sp³-hybridized carbons (Fsp3) is 0.154. The fourth-order valence-corrected chi connectivity index (χ4v) is 3.99. The number of aromatic nitrogens is 5. The van der Waals surface area contributed by atoms with Crippen molar-refractivity contribution < 1.29 is 17.9 Å². The van der Waals surface area contributed by atoms with Crippen LogP contribution in [0.4, 0.5) is 24.8 Å². The summed E-state index contributed by atoms with van der Waals surface area (Å²) in [6, 6.07) is 15.3. The van der Waals surface area contributed by atoms with Crippen LogP contribution < -0.4 is 15.6 Å². The molecule has 0 aliphatic rings. The van der Waals surface area contributed by atoms with Crippen molar-refractivity contribution in [2.45, 2.75) is 19.5 Å². The summed E-state index contributed by atoms with van der Waals surface area (Å²) in [5, 5.41) is 3.71. The number of ether oxygens (including phenoxy) is 1. The van der Waals surface area contributed by atoms with E-state index in [2.05, 4.69) is 20.3 Å². The maximum Gasteiger partial charge on any atom is 0.300 e. The molecule has 0 saturated carbocycles. The summed E-state index contributed by atoms with van der Waals surface area (Å²) in [5.74, 6) is -1.50. The van der Waals surface area contributed by atoms with Crippen molar-refractivity contribution in [3.63, 3.8) is 0 Å². The van der Waals surface area contributed by atoms with E-state index in [1.807, 2.05) is 12.1 Å². The Balaban J connectivity index is 1.47. The number of halogens is 4. The van der Waals surface area contributed by atoms with Gasteiger partial charge in [-0.1, -0.05) is 23.7 Å². The van der Waals surface area contributed by atoms with Gasteiger partial charge in [-0.15, -0.1) is 0 Å². The van der Waals surface area contributed by atoms with Gasteiger partial charge in [-0.25, -0.2) is 9.37 Å². The second kappa shape index (κ2) is 10.9. The summed E-state index contributed by atoms with van der Waals surface area (Å²) in [5.41, 5.74) is 1.60. The van der Waals surface area contributed by atoms with E-state index in [9.17, 15) is 18.0 Å². The Morgan fingerprint density at radius 1 is 1.00 bits per heavy atom. The SMILES string of the molecule is O=c1nc(Nc2ccc(Oc3cc(F)cc(F)n3)cc2)n(Cc2ccc(Cl)cc2)c2ncn(CCCF)c12. The molecule has 5 rings (SSSR count). The number of nitrogens with one attached hydrogen (secondary N) is 1. The molecule has 0 saturated heterocycles. The van der Waals surface area contributed by atoms with E-state index in [4.69, 9.17) is 16.3 Å². The number of aryl methyl sites for hydroxylation is 1. The number of hydrogen-bond donors (Lipinski definition) is 1. The lowest BCUT2D eigenvalue weighted by atomic mass is 10.2. The molecule has 0 radical (unpaired) electrons. The second-order valence-electron chi connectivity index (χ2n) is 8.30. The number of alkyl halides is 1. The Labute approximate surface area is 219 Å². The summed E-state index contributed by atoms with van der Waals surface area (Å²) in [7, 11) is 0. The smallest absolute Gasteiger partial charge is 0.300 e. The van der Waals surface area contributed by atoms with Crippen LogP contribution in [0.15, 0.2) is 71.8 Å². The second-order valence-corrected chi connectivity index (χ2v) is 8.74. The molecule has 0 fully saturated rings. The van der Waals surface area contributed by atoms with Gasteiger partial charge < -0.3 is 14.6 Å². The minimum atomic E-state index is -0.995. The van der Waals surface area contributed by atoms with Gasteiger partial charge in [0.25, 0.3) is 0 Å². The number of benzene rings is 2. The molecule has 0 spiro atoms. The molecule has 8 nitrogen and oxygen atoms in total. The first kappa shape index (κ1) is 25.3. The summed E-state index contributed by atoms with van der Waals surface area (Å²) in [6.07, 6.45) is 1.75. The molecule has 5 aromatic rings. The van der Waals surface area contributed by atoms with Gasteiger partial charge in [0.2, 0.25) is 17.8 Å². The van der Waals surface area contributed by atoms with E-state index in [0.717, 1.165) is 11.6 Å². The van der Waals surface area contributed by atoms with Crippen molar-refractivity contribution in [1.82, 2.24) is 24.1 Å². The largest absolute Gasteiger partial charge is 0.439 e. The molecule has 1 N–H and O–H groups in total. The van der Waals surface area contributed by atoms with Gasteiger partial charge in [-0.05, 0) is 48.4 Å². The maximum atomic E-state index is 13.4. The topological polar surface area (TPSA) is 86.9 Å². The monoisotopic (exact) mass is 540 g/mol. The predicted octanol–water partition coefficient (Wildman–Crippen LogP) is 5.86. The molecule has 3 aromatic heterocycles. The molecule has 12 heteroatoms. The van der Waals surface area contributed by atoms with Gasteiger partial charge in [0.1, 0.15) is 11.6 Å². The summed E-state index contributed by atoms with van der Waals surface area (Å²) < 4.78 is 48.3. The standard InChI is InChI=1S/C26H20ClF3N6O2/c27-17-4-2-16(3-5-17)14-36-24-23(35(15-31-24)11-1-10-28)25(37)34-26(36)32-19-6-8-20(9-7-19)38-22-13-18(29)12-21(30)33-22/h2-9,12-13,15H,1,10-11,14H2,(H,32,34,37). The Morgan fingerprint density at radius 3 is 2.47 bits per heavy atom. The first-order valence-corrected chi connectivity index (χ1v) is 11.9. The van der Waals surface area contributed by atoms with Crippen molar-refractivity contribution in [1.29, 1.82) is 0 Å². The number of nitrogens with zero attached hydrogens (tertiary/aromatic N) is 5. The zero-order valence-electron chi connectivity index (χ0n) is 19.7. The number of pyridine rings is 1. The predicted molar refractivity (Wildman–Crippen MR) is 137 cm³/mol. The highest BCUT2D eigenvalue weighted by Crippen LogP contribution is 2.25. The van der Waals surface area contributed by atoms with Crippen molar-refractivity contribution in [2.24, 2.45) is 0 Å². The third-order valence-corrected chi connectivity index (χ3v) is 5.85. The van der Waals surface area contributed by atoms with E-state index < -0.39 is 24.0 Å². The first-order valence-electron chi connectivity index (χ1n) is 11.5. The number of imidazole rings is 1. The quantitative estimate of drug-likeness (QED) is 0.236. The lowest BCUT2D eigenvalue weighted by Gasteiger charge is -2.16. The highest BCUT2D eigenvalue weighted by Gasteiger charge is 2.17. The number of anilines is 2. The molecular formula is C26H20ClF3N6O2. The number of rotatable bonds is 9. The fourth-order valence-electron chi connectivity index (χ4n) is 3.87. The normalized spacial score (nSPS) is 11.2. The zero-order chi connectivity index (χ0) is 26.6. The Hall–Kier alpha value is -4.38. The summed E-state index contributed by atoms with van der Waals surface area (Å²) in [6.45, 7) is 0.0974. The number of fused-ring (bicyclic) bond motifs is 1. The third kappa shape index (κ3) is 5.62. The van der Waals surface area contributed by atoms with E-state index in [0.29, 0.717) is 41.3 Å². The molecule has 0 atom stereocenters. The van der Waals surface area contributed by atoms with Crippen molar-refractivity contribution in [3.8, 4) is 11.6 Å². The lowest BCUT2D eigenvalue weighted by molar-refractivity contribution is 0.436. The summed E-state index contributed by atoms with van der Waals surface area (Å²) >= 11 is 6.03. The molecule has 38 heavy (non-hydrogen) atoms. The molecule has 2 aromatic carbocycles. The van der Waals surface area contributed by atoms with Crippen molar-refractivity contribution in [3.05, 3.63) is 99.7 Å².